The second kappa shape index (κ2) is 8.21. The highest BCUT2D eigenvalue weighted by molar-refractivity contribution is 5.95. The minimum atomic E-state index is -0.549. The molecule has 0 aliphatic heterocycles. The van der Waals surface area contributed by atoms with Crippen LogP contribution in [-0.2, 0) is 11.3 Å². The van der Waals surface area contributed by atoms with Crippen LogP contribution in [0, 0.1) is 5.82 Å². The number of imide groups is 1. The Morgan fingerprint density at radius 2 is 2.10 bits per heavy atom. The maximum absolute atomic E-state index is 13.6. The van der Waals surface area contributed by atoms with Gasteiger partial charge in [-0.3, -0.25) is 15.0 Å². The fourth-order valence-electron chi connectivity index (χ4n) is 1.78. The quantitative estimate of drug-likeness (QED) is 0.825. The van der Waals surface area contributed by atoms with Crippen molar-refractivity contribution in [3.8, 4) is 5.75 Å². The third-order valence-corrected chi connectivity index (χ3v) is 2.92. The average molecular weight is 297 g/mol. The predicted molar refractivity (Wildman–Crippen MR) is 76.5 cm³/mol. The molecule has 0 aliphatic carbocycles. The van der Waals surface area contributed by atoms with Crippen LogP contribution in [0.2, 0.25) is 0 Å². The first-order chi connectivity index (χ1) is 9.99. The van der Waals surface area contributed by atoms with Crippen molar-refractivity contribution >= 4 is 11.9 Å². The van der Waals surface area contributed by atoms with Crippen molar-refractivity contribution in [2.24, 2.45) is 0 Å². The number of hydrogen-bond acceptors (Lipinski definition) is 4. The Morgan fingerprint density at radius 1 is 1.38 bits per heavy atom. The van der Waals surface area contributed by atoms with Gasteiger partial charge in [0.2, 0.25) is 5.91 Å². The standard InChI is InChI=1S/C14H20FN3O3/c1-4-18(9-13(19)17-14(20)16-2)8-10-5-6-12(21-3)11(15)7-10/h5-7H,4,8-9H2,1-3H3,(H2,16,17,19,20). The summed E-state index contributed by atoms with van der Waals surface area (Å²) in [4.78, 5) is 24.5. The molecule has 0 saturated carbocycles. The average Bonchev–Trinajstić information content (AvgIpc) is 2.46. The van der Waals surface area contributed by atoms with E-state index in [0.29, 0.717) is 13.1 Å². The summed E-state index contributed by atoms with van der Waals surface area (Å²) in [5, 5.41) is 4.49. The second-order valence-electron chi connectivity index (χ2n) is 4.40. The molecule has 2 N–H and O–H groups in total. The molecule has 1 aromatic rings. The lowest BCUT2D eigenvalue weighted by molar-refractivity contribution is -0.121. The Hall–Kier alpha value is -2.15. The topological polar surface area (TPSA) is 70.7 Å². The zero-order valence-electron chi connectivity index (χ0n) is 12.4. The molecule has 0 heterocycles. The molecule has 0 saturated heterocycles. The van der Waals surface area contributed by atoms with Gasteiger partial charge in [-0.05, 0) is 24.2 Å². The molecule has 0 atom stereocenters. The molecule has 0 radical (unpaired) electrons. The number of likely N-dealkylation sites (N-methyl/N-ethyl adjacent to an activating group) is 1. The normalized spacial score (nSPS) is 10.3. The molecule has 0 unspecified atom stereocenters. The molecular weight excluding hydrogens is 277 g/mol. The van der Waals surface area contributed by atoms with Gasteiger partial charge >= 0.3 is 6.03 Å². The Balaban J connectivity index is 2.63. The Morgan fingerprint density at radius 3 is 2.62 bits per heavy atom. The molecule has 3 amide bonds. The van der Waals surface area contributed by atoms with Gasteiger partial charge in [-0.15, -0.1) is 0 Å². The van der Waals surface area contributed by atoms with Crippen molar-refractivity contribution in [3.05, 3.63) is 29.6 Å². The van der Waals surface area contributed by atoms with E-state index in [1.807, 2.05) is 6.92 Å². The number of nitrogens with one attached hydrogen (secondary N) is 2. The molecular formula is C14H20FN3O3. The summed E-state index contributed by atoms with van der Waals surface area (Å²) in [6.45, 7) is 2.93. The summed E-state index contributed by atoms with van der Waals surface area (Å²) >= 11 is 0. The van der Waals surface area contributed by atoms with E-state index in [1.165, 1.54) is 20.2 Å². The number of methoxy groups -OCH3 is 1. The molecule has 6 nitrogen and oxygen atoms in total. The maximum atomic E-state index is 13.6. The van der Waals surface area contributed by atoms with Gasteiger partial charge in [0.15, 0.2) is 11.6 Å². The smallest absolute Gasteiger partial charge is 0.321 e. The van der Waals surface area contributed by atoms with Crippen molar-refractivity contribution in [2.75, 3.05) is 27.2 Å². The van der Waals surface area contributed by atoms with E-state index in [0.717, 1.165) is 5.56 Å². The number of hydrogen-bond donors (Lipinski definition) is 2. The summed E-state index contributed by atoms with van der Waals surface area (Å²) < 4.78 is 18.5. The lowest BCUT2D eigenvalue weighted by Crippen LogP contribution is -2.43. The van der Waals surface area contributed by atoms with Gasteiger partial charge in [-0.2, -0.15) is 0 Å². The van der Waals surface area contributed by atoms with Gasteiger partial charge in [0.05, 0.1) is 13.7 Å². The third-order valence-electron chi connectivity index (χ3n) is 2.92. The van der Waals surface area contributed by atoms with Crippen LogP contribution < -0.4 is 15.4 Å². The van der Waals surface area contributed by atoms with Gasteiger partial charge in [-0.25, -0.2) is 9.18 Å². The molecule has 0 bridgehead atoms. The van der Waals surface area contributed by atoms with Gasteiger partial charge in [0, 0.05) is 13.6 Å². The summed E-state index contributed by atoms with van der Waals surface area (Å²) in [5.41, 5.74) is 0.725. The van der Waals surface area contributed by atoms with Gasteiger partial charge in [-0.1, -0.05) is 13.0 Å². The number of carbonyl (C=O) groups is 2. The first kappa shape index (κ1) is 16.9. The fraction of sp³-hybridized carbons (Fsp3) is 0.429. The number of halogens is 1. The van der Waals surface area contributed by atoms with Crippen LogP contribution in [0.15, 0.2) is 18.2 Å². The van der Waals surface area contributed by atoms with E-state index in [-0.39, 0.29) is 12.3 Å². The van der Waals surface area contributed by atoms with Crippen molar-refractivity contribution in [1.29, 1.82) is 0 Å². The number of carbonyl (C=O) groups excluding carboxylic acids is 2. The maximum Gasteiger partial charge on any atom is 0.321 e. The lowest BCUT2D eigenvalue weighted by Gasteiger charge is -2.19. The van der Waals surface area contributed by atoms with E-state index in [1.54, 1.807) is 17.0 Å². The van der Waals surface area contributed by atoms with Gasteiger partial charge in [0.1, 0.15) is 0 Å². The monoisotopic (exact) mass is 297 g/mol. The van der Waals surface area contributed by atoms with Crippen LogP contribution in [0.25, 0.3) is 0 Å². The predicted octanol–water partition coefficient (Wildman–Crippen LogP) is 1.11. The van der Waals surface area contributed by atoms with Crippen LogP contribution in [0.5, 0.6) is 5.75 Å². The van der Waals surface area contributed by atoms with Crippen molar-refractivity contribution < 1.29 is 18.7 Å². The van der Waals surface area contributed by atoms with E-state index < -0.39 is 17.8 Å². The van der Waals surface area contributed by atoms with Gasteiger partial charge in [0.25, 0.3) is 0 Å². The number of nitrogens with zero attached hydrogens (tertiary/aromatic N) is 1. The second-order valence-corrected chi connectivity index (χ2v) is 4.40. The first-order valence-electron chi connectivity index (χ1n) is 6.56. The minimum absolute atomic E-state index is 0.0531. The largest absolute Gasteiger partial charge is 0.494 e. The van der Waals surface area contributed by atoms with Crippen LogP contribution in [-0.4, -0.2) is 44.1 Å². The van der Waals surface area contributed by atoms with Crippen LogP contribution >= 0.6 is 0 Å². The molecule has 1 rings (SSSR count). The number of ether oxygens (including phenoxy) is 1. The molecule has 7 heteroatoms. The van der Waals surface area contributed by atoms with E-state index in [4.69, 9.17) is 4.74 Å². The van der Waals surface area contributed by atoms with Crippen molar-refractivity contribution in [1.82, 2.24) is 15.5 Å². The van der Waals surface area contributed by atoms with E-state index in [9.17, 15) is 14.0 Å². The fourth-order valence-corrected chi connectivity index (χ4v) is 1.78. The lowest BCUT2D eigenvalue weighted by atomic mass is 10.2. The summed E-state index contributed by atoms with van der Waals surface area (Å²) in [5.74, 6) is -0.676. The number of benzene rings is 1. The first-order valence-corrected chi connectivity index (χ1v) is 6.56. The zero-order chi connectivity index (χ0) is 15.8. The van der Waals surface area contributed by atoms with Crippen molar-refractivity contribution in [2.45, 2.75) is 13.5 Å². The highest BCUT2D eigenvalue weighted by Gasteiger charge is 2.13. The SMILES string of the molecule is CCN(CC(=O)NC(=O)NC)Cc1ccc(OC)c(F)c1. The molecule has 0 fully saturated rings. The summed E-state index contributed by atoms with van der Waals surface area (Å²) in [7, 11) is 2.83. The molecule has 1 aromatic carbocycles. The number of rotatable bonds is 6. The molecule has 21 heavy (non-hydrogen) atoms. The highest BCUT2D eigenvalue weighted by atomic mass is 19.1. The van der Waals surface area contributed by atoms with Crippen LogP contribution in [0.4, 0.5) is 9.18 Å². The third kappa shape index (κ3) is 5.39. The van der Waals surface area contributed by atoms with Crippen LogP contribution in [0.3, 0.4) is 0 Å². The number of urea groups is 1. The molecule has 116 valence electrons. The number of amides is 3. The zero-order valence-corrected chi connectivity index (χ0v) is 12.4. The minimum Gasteiger partial charge on any atom is -0.494 e. The van der Waals surface area contributed by atoms with Gasteiger partial charge < -0.3 is 10.1 Å². The van der Waals surface area contributed by atoms with E-state index in [2.05, 4.69) is 10.6 Å². The summed E-state index contributed by atoms with van der Waals surface area (Å²) in [6, 6.07) is 4.11. The van der Waals surface area contributed by atoms with Crippen LogP contribution in [0.1, 0.15) is 12.5 Å². The van der Waals surface area contributed by atoms with Crippen molar-refractivity contribution in [3.63, 3.8) is 0 Å². The highest BCUT2D eigenvalue weighted by Crippen LogP contribution is 2.18. The summed E-state index contributed by atoms with van der Waals surface area (Å²) in [6.07, 6.45) is 0. The molecule has 0 aromatic heterocycles. The Kier molecular flexibility index (Phi) is 6.61. The molecule has 0 aliphatic rings. The molecule has 0 spiro atoms. The van der Waals surface area contributed by atoms with E-state index >= 15 is 0 Å². The Bertz CT molecular complexity index is 508. The Labute approximate surface area is 123 Å².